The van der Waals surface area contributed by atoms with Crippen LogP contribution in [0.5, 0.6) is 0 Å². The molecule has 0 radical (unpaired) electrons. The molecule has 0 amide bonds. The van der Waals surface area contributed by atoms with Crippen molar-refractivity contribution in [2.45, 2.75) is 0 Å². The van der Waals surface area contributed by atoms with Gasteiger partial charge >= 0.3 is 0 Å². The van der Waals surface area contributed by atoms with Crippen LogP contribution in [-0.4, -0.2) is 10.2 Å². The van der Waals surface area contributed by atoms with E-state index in [4.69, 9.17) is 28.5 Å². The minimum Gasteiger partial charge on any atom is -0.191 e. The lowest BCUT2D eigenvalue weighted by Crippen LogP contribution is -1.90. The lowest BCUT2D eigenvalue weighted by Gasteiger charge is -1.99. The van der Waals surface area contributed by atoms with Crippen LogP contribution in [0, 0.1) is 11.3 Å². The van der Waals surface area contributed by atoms with Gasteiger partial charge in [-0.25, -0.2) is 0 Å². The number of nitriles is 1. The molecule has 0 atom stereocenters. The fraction of sp³-hybridized carbons (Fsp3) is 0. The molecule has 14 heavy (non-hydrogen) atoms. The van der Waals surface area contributed by atoms with Gasteiger partial charge in [-0.05, 0) is 18.2 Å². The third kappa shape index (κ3) is 1.39. The average Bonchev–Trinajstić information content (AvgIpc) is 2.18. The number of fused-ring (bicyclic) bond motifs is 1. The topological polar surface area (TPSA) is 49.6 Å². The fourth-order valence-corrected chi connectivity index (χ4v) is 1.53. The Labute approximate surface area is 89.9 Å². The van der Waals surface area contributed by atoms with Crippen LogP contribution in [0.15, 0.2) is 18.2 Å². The highest BCUT2D eigenvalue weighted by molar-refractivity contribution is 6.36. The summed E-state index contributed by atoms with van der Waals surface area (Å²) < 4.78 is 0. The molecule has 2 rings (SSSR count). The van der Waals surface area contributed by atoms with Crippen LogP contribution in [0.4, 0.5) is 0 Å². The molecule has 1 aromatic carbocycles. The van der Waals surface area contributed by atoms with Gasteiger partial charge in [0, 0.05) is 10.4 Å². The molecule has 0 aliphatic heterocycles. The van der Waals surface area contributed by atoms with Gasteiger partial charge in [0.2, 0.25) is 0 Å². The van der Waals surface area contributed by atoms with Gasteiger partial charge in [-0.2, -0.15) is 5.26 Å². The van der Waals surface area contributed by atoms with E-state index in [0.717, 1.165) is 0 Å². The molecule has 0 saturated carbocycles. The van der Waals surface area contributed by atoms with Crippen LogP contribution < -0.4 is 0 Å². The first-order valence-electron chi connectivity index (χ1n) is 3.74. The van der Waals surface area contributed by atoms with E-state index in [2.05, 4.69) is 10.2 Å². The van der Waals surface area contributed by atoms with Gasteiger partial charge in [0.1, 0.15) is 6.07 Å². The van der Waals surface area contributed by atoms with E-state index in [1.807, 2.05) is 6.07 Å². The Balaban J connectivity index is 2.85. The van der Waals surface area contributed by atoms with E-state index in [0.29, 0.717) is 20.9 Å². The number of halogens is 2. The quantitative estimate of drug-likeness (QED) is 0.691. The lowest BCUT2D eigenvalue weighted by atomic mass is 10.2. The lowest BCUT2D eigenvalue weighted by molar-refractivity contribution is 1.05. The Kier molecular flexibility index (Phi) is 2.24. The maximum Gasteiger partial charge on any atom is 0.182 e. The summed E-state index contributed by atoms with van der Waals surface area (Å²) in [5, 5.41) is 17.7. The third-order valence-electron chi connectivity index (χ3n) is 1.77. The van der Waals surface area contributed by atoms with Crippen molar-refractivity contribution in [3.8, 4) is 6.07 Å². The molecule has 1 heterocycles. The Morgan fingerprint density at radius 2 is 2.00 bits per heavy atom. The zero-order valence-electron chi connectivity index (χ0n) is 6.83. The normalized spacial score (nSPS) is 10.1. The van der Waals surface area contributed by atoms with E-state index in [9.17, 15) is 0 Å². The number of benzene rings is 1. The highest BCUT2D eigenvalue weighted by Gasteiger charge is 2.07. The molecule has 2 aromatic rings. The molecule has 0 aliphatic rings. The maximum atomic E-state index is 8.67. The highest BCUT2D eigenvalue weighted by atomic mass is 35.5. The molecule has 5 heteroatoms. The van der Waals surface area contributed by atoms with E-state index >= 15 is 0 Å². The molecule has 0 N–H and O–H groups in total. The van der Waals surface area contributed by atoms with Crippen molar-refractivity contribution in [1.82, 2.24) is 10.2 Å². The van der Waals surface area contributed by atoms with Gasteiger partial charge in [-0.1, -0.05) is 23.2 Å². The van der Waals surface area contributed by atoms with Crippen molar-refractivity contribution < 1.29 is 0 Å². The summed E-state index contributed by atoms with van der Waals surface area (Å²) in [6.45, 7) is 0. The van der Waals surface area contributed by atoms with Crippen molar-refractivity contribution in [3.05, 3.63) is 33.9 Å². The molecular weight excluding hydrogens is 221 g/mol. The Hall–Kier alpha value is -1.37. The van der Waals surface area contributed by atoms with Crippen molar-refractivity contribution >= 4 is 34.1 Å². The smallest absolute Gasteiger partial charge is 0.182 e. The summed E-state index contributed by atoms with van der Waals surface area (Å²) in [6, 6.07) is 6.92. The molecule has 3 nitrogen and oxygen atoms in total. The first-order valence-corrected chi connectivity index (χ1v) is 4.49. The second-order valence-electron chi connectivity index (χ2n) is 2.64. The molecule has 0 saturated heterocycles. The molecule has 1 aromatic heterocycles. The standard InChI is InChI=1S/C9H3Cl2N3/c10-5-1-2-6-7(3-5)13-14-8(4-12)9(6)11/h1-3H. The van der Waals surface area contributed by atoms with Crippen LogP contribution in [-0.2, 0) is 0 Å². The van der Waals surface area contributed by atoms with Gasteiger partial charge in [0.25, 0.3) is 0 Å². The summed E-state index contributed by atoms with van der Waals surface area (Å²) in [4.78, 5) is 0. The second kappa shape index (κ2) is 3.41. The third-order valence-corrected chi connectivity index (χ3v) is 2.39. The largest absolute Gasteiger partial charge is 0.191 e. The second-order valence-corrected chi connectivity index (χ2v) is 3.45. The number of hydrogen-bond acceptors (Lipinski definition) is 3. The fourth-order valence-electron chi connectivity index (χ4n) is 1.12. The van der Waals surface area contributed by atoms with E-state index < -0.39 is 0 Å². The monoisotopic (exact) mass is 223 g/mol. The molecule has 0 aliphatic carbocycles. The van der Waals surface area contributed by atoms with Crippen LogP contribution >= 0.6 is 23.2 Å². The van der Waals surface area contributed by atoms with E-state index in [1.165, 1.54) is 0 Å². The Morgan fingerprint density at radius 1 is 1.21 bits per heavy atom. The predicted octanol–water partition coefficient (Wildman–Crippen LogP) is 2.81. The minimum absolute atomic E-state index is 0.126. The van der Waals surface area contributed by atoms with Crippen LogP contribution in [0.25, 0.3) is 10.9 Å². The molecule has 68 valence electrons. The molecular formula is C9H3Cl2N3. The predicted molar refractivity (Wildman–Crippen MR) is 54.3 cm³/mol. The van der Waals surface area contributed by atoms with Crippen LogP contribution in [0.3, 0.4) is 0 Å². The zero-order valence-corrected chi connectivity index (χ0v) is 8.34. The Morgan fingerprint density at radius 3 is 2.71 bits per heavy atom. The molecule has 0 bridgehead atoms. The first-order chi connectivity index (χ1) is 6.72. The molecule has 0 unspecified atom stereocenters. The molecule has 0 fully saturated rings. The highest BCUT2D eigenvalue weighted by Crippen LogP contribution is 2.25. The number of rotatable bonds is 0. The van der Waals surface area contributed by atoms with Crippen molar-refractivity contribution in [1.29, 1.82) is 5.26 Å². The van der Waals surface area contributed by atoms with Crippen molar-refractivity contribution in [3.63, 3.8) is 0 Å². The average molecular weight is 224 g/mol. The van der Waals surface area contributed by atoms with Gasteiger partial charge in [0.05, 0.1) is 10.5 Å². The summed E-state index contributed by atoms with van der Waals surface area (Å²) in [5.74, 6) is 0. The number of hydrogen-bond donors (Lipinski definition) is 0. The van der Waals surface area contributed by atoms with E-state index in [1.54, 1.807) is 18.2 Å². The van der Waals surface area contributed by atoms with Gasteiger partial charge in [-0.3, -0.25) is 0 Å². The van der Waals surface area contributed by atoms with Crippen molar-refractivity contribution in [2.24, 2.45) is 0 Å². The summed E-state index contributed by atoms with van der Waals surface area (Å²) in [6.07, 6.45) is 0. The summed E-state index contributed by atoms with van der Waals surface area (Å²) >= 11 is 11.7. The maximum absolute atomic E-state index is 8.67. The van der Waals surface area contributed by atoms with Gasteiger partial charge in [0.15, 0.2) is 5.69 Å². The minimum atomic E-state index is 0.126. The summed E-state index contributed by atoms with van der Waals surface area (Å²) in [7, 11) is 0. The van der Waals surface area contributed by atoms with E-state index in [-0.39, 0.29) is 5.69 Å². The summed E-state index contributed by atoms with van der Waals surface area (Å²) in [5.41, 5.74) is 0.711. The first kappa shape index (κ1) is 9.20. The number of nitrogens with zero attached hydrogens (tertiary/aromatic N) is 3. The van der Waals surface area contributed by atoms with Gasteiger partial charge in [-0.15, -0.1) is 10.2 Å². The van der Waals surface area contributed by atoms with Crippen LogP contribution in [0.1, 0.15) is 5.69 Å². The van der Waals surface area contributed by atoms with Gasteiger partial charge < -0.3 is 0 Å². The zero-order chi connectivity index (χ0) is 10.1. The SMILES string of the molecule is N#Cc1nnc2cc(Cl)ccc2c1Cl. The van der Waals surface area contributed by atoms with Crippen molar-refractivity contribution in [2.75, 3.05) is 0 Å². The molecule has 0 spiro atoms. The Bertz CT molecular complexity index is 545. The van der Waals surface area contributed by atoms with Crippen LogP contribution in [0.2, 0.25) is 10.0 Å². The number of aromatic nitrogens is 2.